The number of halogens is 9. The van der Waals surface area contributed by atoms with Crippen LogP contribution < -0.4 is 0 Å². The van der Waals surface area contributed by atoms with E-state index in [1.165, 1.54) is 23.5 Å². The zero-order chi connectivity index (χ0) is 20.8. The van der Waals surface area contributed by atoms with Crippen LogP contribution in [0.1, 0.15) is 11.1 Å². The summed E-state index contributed by atoms with van der Waals surface area (Å²) in [6.45, 7) is 0. The molecule has 0 radical (unpaired) electrons. The maximum absolute atomic E-state index is 14.0. The van der Waals surface area contributed by atoms with Crippen LogP contribution in [-0.4, -0.2) is 25.8 Å². The second-order valence-electron chi connectivity index (χ2n) is 5.27. The minimum atomic E-state index is -6.78. The topological polar surface area (TPSA) is 34.1 Å². The first-order valence-electron chi connectivity index (χ1n) is 6.69. The highest BCUT2D eigenvalue weighted by molar-refractivity contribution is 9.11. The highest BCUT2D eigenvalue weighted by atomic mass is 79.9. The molecular formula is C14H7Br2F7O2S2. The van der Waals surface area contributed by atoms with Crippen LogP contribution in [0, 0.1) is 0 Å². The SMILES string of the molecule is O=S(=O)(c1cc(Br)cc(Br)c1Cc1ccsc1)C(F)(F)C(F)(F)C(F)(F)F. The molecule has 0 atom stereocenters. The van der Waals surface area contributed by atoms with Gasteiger partial charge in [-0.3, -0.25) is 0 Å². The molecule has 0 aliphatic rings. The molecule has 0 unspecified atom stereocenters. The third kappa shape index (κ3) is 3.92. The van der Waals surface area contributed by atoms with Gasteiger partial charge in [0.05, 0.1) is 4.90 Å². The van der Waals surface area contributed by atoms with Gasteiger partial charge in [0.2, 0.25) is 0 Å². The lowest BCUT2D eigenvalue weighted by Gasteiger charge is -2.28. The molecule has 0 amide bonds. The van der Waals surface area contributed by atoms with Crippen LogP contribution >= 0.6 is 43.2 Å². The molecule has 150 valence electrons. The summed E-state index contributed by atoms with van der Waals surface area (Å²) in [6.07, 6.45) is -7.04. The Morgan fingerprint density at radius 2 is 1.59 bits per heavy atom. The third-order valence-electron chi connectivity index (χ3n) is 3.43. The summed E-state index contributed by atoms with van der Waals surface area (Å²) < 4.78 is 116. The monoisotopic (exact) mass is 562 g/mol. The van der Waals surface area contributed by atoms with E-state index in [0.29, 0.717) is 11.6 Å². The Labute approximate surface area is 169 Å². The van der Waals surface area contributed by atoms with Crippen molar-refractivity contribution >= 4 is 53.0 Å². The third-order valence-corrected chi connectivity index (χ3v) is 7.20. The Morgan fingerprint density at radius 3 is 2.07 bits per heavy atom. The summed E-state index contributed by atoms with van der Waals surface area (Å²) in [4.78, 5) is -1.33. The van der Waals surface area contributed by atoms with Crippen molar-refractivity contribution < 1.29 is 39.2 Å². The van der Waals surface area contributed by atoms with Gasteiger partial charge < -0.3 is 0 Å². The van der Waals surface area contributed by atoms with Gasteiger partial charge in [-0.15, -0.1) is 0 Å². The molecule has 2 rings (SSSR count). The fourth-order valence-electron chi connectivity index (χ4n) is 2.06. The van der Waals surface area contributed by atoms with Crippen molar-refractivity contribution in [2.24, 2.45) is 0 Å². The zero-order valence-electron chi connectivity index (χ0n) is 12.6. The maximum Gasteiger partial charge on any atom is 0.461 e. The molecule has 0 spiro atoms. The number of alkyl halides is 7. The van der Waals surface area contributed by atoms with Gasteiger partial charge >= 0.3 is 17.4 Å². The number of rotatable bonds is 5. The molecule has 1 heterocycles. The minimum absolute atomic E-state index is 0.0484. The Hall–Kier alpha value is -0.660. The van der Waals surface area contributed by atoms with Crippen LogP contribution in [0.15, 0.2) is 42.8 Å². The molecule has 0 N–H and O–H groups in total. The highest BCUT2D eigenvalue weighted by Gasteiger charge is 2.78. The largest absolute Gasteiger partial charge is 0.461 e. The highest BCUT2D eigenvalue weighted by Crippen LogP contribution is 2.51. The van der Waals surface area contributed by atoms with Gasteiger partial charge in [-0.25, -0.2) is 8.42 Å². The molecular weight excluding hydrogens is 557 g/mol. The van der Waals surface area contributed by atoms with Gasteiger partial charge in [-0.2, -0.15) is 42.1 Å². The van der Waals surface area contributed by atoms with Crippen molar-refractivity contribution in [3.63, 3.8) is 0 Å². The van der Waals surface area contributed by atoms with E-state index in [1.54, 1.807) is 10.8 Å². The van der Waals surface area contributed by atoms with Gasteiger partial charge in [0.1, 0.15) is 0 Å². The predicted octanol–water partition coefficient (Wildman–Crippen LogP) is 6.43. The summed E-state index contributed by atoms with van der Waals surface area (Å²) in [5, 5.41) is -3.27. The Morgan fingerprint density at radius 1 is 1.00 bits per heavy atom. The average Bonchev–Trinajstić information content (AvgIpc) is 3.01. The van der Waals surface area contributed by atoms with E-state index in [1.807, 2.05) is 0 Å². The van der Waals surface area contributed by atoms with Gasteiger partial charge in [-0.1, -0.05) is 31.9 Å². The Balaban J connectivity index is 2.72. The summed E-state index contributed by atoms with van der Waals surface area (Å²) in [5.74, 6) is -6.78. The van der Waals surface area contributed by atoms with Crippen LogP contribution in [-0.2, 0) is 16.3 Å². The van der Waals surface area contributed by atoms with E-state index in [2.05, 4.69) is 31.9 Å². The molecule has 0 saturated carbocycles. The number of benzene rings is 1. The zero-order valence-corrected chi connectivity index (χ0v) is 17.4. The standard InChI is InChI=1S/C14H7Br2F7O2S2/c15-8-4-10(16)9(3-7-1-2-26-6-7)11(5-8)27(24,25)14(22,23)12(17,18)13(19,20)21/h1-2,4-6H,3H2. The first-order valence-corrected chi connectivity index (χ1v) is 10.7. The lowest BCUT2D eigenvalue weighted by Crippen LogP contribution is -2.56. The van der Waals surface area contributed by atoms with Crippen molar-refractivity contribution in [2.75, 3.05) is 0 Å². The summed E-state index contributed by atoms with van der Waals surface area (Å²) in [7, 11) is -6.42. The lowest BCUT2D eigenvalue weighted by atomic mass is 10.1. The molecule has 2 nitrogen and oxygen atoms in total. The number of sulfone groups is 1. The van der Waals surface area contributed by atoms with Gasteiger partial charge in [0, 0.05) is 15.4 Å². The minimum Gasteiger partial charge on any atom is -0.217 e. The maximum atomic E-state index is 14.0. The van der Waals surface area contributed by atoms with E-state index >= 15 is 0 Å². The van der Waals surface area contributed by atoms with Crippen molar-refractivity contribution in [1.29, 1.82) is 0 Å². The number of hydrogen-bond acceptors (Lipinski definition) is 3. The molecule has 0 fully saturated rings. The molecule has 1 aromatic heterocycles. The smallest absolute Gasteiger partial charge is 0.217 e. The first kappa shape index (κ1) is 22.6. The van der Waals surface area contributed by atoms with Gasteiger partial charge in [0.15, 0.2) is 0 Å². The quantitative estimate of drug-likeness (QED) is 0.393. The van der Waals surface area contributed by atoms with E-state index in [-0.39, 0.29) is 20.9 Å². The fourth-order valence-corrected chi connectivity index (χ4v) is 5.90. The molecule has 1 aromatic carbocycles. The second-order valence-corrected chi connectivity index (χ2v) is 9.77. The summed E-state index contributed by atoms with van der Waals surface area (Å²) in [5.41, 5.74) is 0.0969. The molecule has 27 heavy (non-hydrogen) atoms. The molecule has 0 aliphatic heterocycles. The van der Waals surface area contributed by atoms with E-state index in [9.17, 15) is 39.2 Å². The molecule has 0 saturated heterocycles. The van der Waals surface area contributed by atoms with Gasteiger partial charge in [-0.05, 0) is 40.1 Å². The summed E-state index contributed by atoms with van der Waals surface area (Å²) in [6, 6.07) is 3.36. The Bertz CT molecular complexity index is 939. The normalized spacial score (nSPS) is 13.8. The van der Waals surface area contributed by atoms with Crippen LogP contribution in [0.3, 0.4) is 0 Å². The molecule has 0 bridgehead atoms. The van der Waals surface area contributed by atoms with Crippen LogP contribution in [0.5, 0.6) is 0 Å². The van der Waals surface area contributed by atoms with Gasteiger partial charge in [0.25, 0.3) is 9.84 Å². The summed E-state index contributed by atoms with van der Waals surface area (Å²) >= 11 is 6.98. The number of hydrogen-bond donors (Lipinski definition) is 0. The van der Waals surface area contributed by atoms with Crippen LogP contribution in [0.4, 0.5) is 30.7 Å². The van der Waals surface area contributed by atoms with Crippen molar-refractivity contribution in [3.05, 3.63) is 49.0 Å². The van der Waals surface area contributed by atoms with Crippen LogP contribution in [0.25, 0.3) is 0 Å². The molecule has 2 aromatic rings. The van der Waals surface area contributed by atoms with Crippen molar-refractivity contribution in [1.82, 2.24) is 0 Å². The van der Waals surface area contributed by atoms with Crippen molar-refractivity contribution in [3.8, 4) is 0 Å². The van der Waals surface area contributed by atoms with Crippen molar-refractivity contribution in [2.45, 2.75) is 28.7 Å². The second kappa shape index (κ2) is 7.30. The number of thiophene rings is 1. The van der Waals surface area contributed by atoms with E-state index in [4.69, 9.17) is 0 Å². The average molecular weight is 564 g/mol. The fraction of sp³-hybridized carbons (Fsp3) is 0.286. The lowest BCUT2D eigenvalue weighted by molar-refractivity contribution is -0.332. The molecule has 13 heteroatoms. The molecule has 0 aliphatic carbocycles. The Kier molecular flexibility index (Phi) is 6.12. The first-order chi connectivity index (χ1) is 12.1. The predicted molar refractivity (Wildman–Crippen MR) is 92.1 cm³/mol. The van der Waals surface area contributed by atoms with E-state index in [0.717, 1.165) is 0 Å². The van der Waals surface area contributed by atoms with E-state index < -0.39 is 32.1 Å². The van der Waals surface area contributed by atoms with Crippen LogP contribution in [0.2, 0.25) is 0 Å².